The van der Waals surface area contributed by atoms with E-state index >= 15 is 0 Å². The Morgan fingerprint density at radius 3 is 2.41 bits per heavy atom. The first-order chi connectivity index (χ1) is 10.2. The van der Waals surface area contributed by atoms with Crippen molar-refractivity contribution in [3.8, 4) is 0 Å². The number of aromatic amines is 1. The highest BCUT2D eigenvalue weighted by molar-refractivity contribution is 7.90. The topological polar surface area (TPSA) is 105 Å². The number of H-pyrrole nitrogens is 1. The van der Waals surface area contributed by atoms with E-state index in [1.807, 2.05) is 0 Å². The maximum absolute atomic E-state index is 13.4. The Morgan fingerprint density at radius 1 is 1.32 bits per heavy atom. The molecule has 6 nitrogen and oxygen atoms in total. The van der Waals surface area contributed by atoms with Gasteiger partial charge in [0.05, 0.1) is 10.5 Å². The van der Waals surface area contributed by atoms with Gasteiger partial charge in [-0.25, -0.2) is 12.8 Å². The average molecular weight is 341 g/mol. The molecule has 1 aromatic carbocycles. The lowest BCUT2D eigenvalue weighted by molar-refractivity contribution is 0.100. The number of nitrogens with one attached hydrogen (secondary N) is 2. The number of hydrogen-bond acceptors (Lipinski definition) is 5. The molecule has 0 atom stereocenters. The van der Waals surface area contributed by atoms with Crippen LogP contribution < -0.4 is 11.1 Å². The number of primary amides is 1. The van der Waals surface area contributed by atoms with Crippen molar-refractivity contribution < 1.29 is 17.6 Å². The van der Waals surface area contributed by atoms with E-state index in [-0.39, 0.29) is 20.9 Å². The van der Waals surface area contributed by atoms with E-state index in [0.29, 0.717) is 5.69 Å². The van der Waals surface area contributed by atoms with E-state index < -0.39 is 21.6 Å². The molecule has 0 unspecified atom stereocenters. The number of nitrogens with two attached hydrogens (primary N) is 1. The van der Waals surface area contributed by atoms with Crippen molar-refractivity contribution in [2.45, 2.75) is 4.90 Å². The third-order valence-electron chi connectivity index (χ3n) is 2.81. The van der Waals surface area contributed by atoms with Crippen molar-refractivity contribution in [2.24, 2.45) is 5.73 Å². The van der Waals surface area contributed by atoms with Crippen molar-refractivity contribution in [1.82, 2.24) is 4.98 Å². The summed E-state index contributed by atoms with van der Waals surface area (Å²) in [6, 6.07) is 6.75. The molecule has 0 aliphatic carbocycles. The Hall–Kier alpha value is -2.26. The molecule has 4 N–H and O–H groups in total. The lowest BCUT2D eigenvalue weighted by atomic mass is 10.2. The molecule has 0 saturated carbocycles. The van der Waals surface area contributed by atoms with Gasteiger partial charge < -0.3 is 16.0 Å². The van der Waals surface area contributed by atoms with Crippen LogP contribution in [0.3, 0.4) is 0 Å². The minimum absolute atomic E-state index is 0.0988. The molecule has 0 radical (unpaired) electrons. The summed E-state index contributed by atoms with van der Waals surface area (Å²) < 4.78 is 36.0. The van der Waals surface area contributed by atoms with Crippen LogP contribution in [0.1, 0.15) is 10.4 Å². The fourth-order valence-electron chi connectivity index (χ4n) is 1.73. The average Bonchev–Trinajstić information content (AvgIpc) is 2.42. The fraction of sp³-hybridized carbons (Fsp3) is 0.0769. The number of anilines is 2. The molecule has 0 spiro atoms. The van der Waals surface area contributed by atoms with Gasteiger partial charge in [-0.15, -0.1) is 0 Å². The quantitative estimate of drug-likeness (QED) is 0.739. The van der Waals surface area contributed by atoms with Crippen LogP contribution >= 0.6 is 12.2 Å². The van der Waals surface area contributed by atoms with Gasteiger partial charge >= 0.3 is 0 Å². The zero-order valence-corrected chi connectivity index (χ0v) is 13.0. The highest BCUT2D eigenvalue weighted by Crippen LogP contribution is 2.21. The van der Waals surface area contributed by atoms with E-state index in [1.165, 1.54) is 24.3 Å². The third kappa shape index (κ3) is 3.49. The summed E-state index contributed by atoms with van der Waals surface area (Å²) in [7, 11) is -3.30. The number of carbonyl (C=O) groups excluding carboxylic acids is 1. The number of amides is 1. The summed E-state index contributed by atoms with van der Waals surface area (Å²) in [5, 5.41) is 2.82. The maximum Gasteiger partial charge on any atom is 0.252 e. The van der Waals surface area contributed by atoms with Crippen LogP contribution in [0.4, 0.5) is 15.9 Å². The van der Waals surface area contributed by atoms with Crippen LogP contribution in [0.25, 0.3) is 0 Å². The SMILES string of the molecule is CS(=O)(=O)c1ccc(Nc2[nH]c(=S)c(F)cc2C(N)=O)cc1. The minimum Gasteiger partial charge on any atom is -0.365 e. The highest BCUT2D eigenvalue weighted by atomic mass is 32.2. The summed E-state index contributed by atoms with van der Waals surface area (Å²) in [4.78, 5) is 14.0. The zero-order valence-electron chi connectivity index (χ0n) is 11.4. The molecule has 1 amide bonds. The lowest BCUT2D eigenvalue weighted by Crippen LogP contribution is -2.15. The first kappa shape index (κ1) is 16.1. The van der Waals surface area contributed by atoms with Crippen LogP contribution in [-0.4, -0.2) is 25.6 Å². The number of carbonyl (C=O) groups is 1. The predicted molar refractivity (Wildman–Crippen MR) is 82.9 cm³/mol. The third-order valence-corrected chi connectivity index (χ3v) is 4.24. The van der Waals surface area contributed by atoms with E-state index in [1.54, 1.807) is 0 Å². The van der Waals surface area contributed by atoms with Crippen molar-refractivity contribution in [1.29, 1.82) is 0 Å². The van der Waals surface area contributed by atoms with Crippen LogP contribution in [0, 0.1) is 10.5 Å². The lowest BCUT2D eigenvalue weighted by Gasteiger charge is -2.11. The number of rotatable bonds is 4. The first-order valence-corrected chi connectivity index (χ1v) is 8.28. The van der Waals surface area contributed by atoms with Crippen molar-refractivity contribution in [3.05, 3.63) is 46.4 Å². The minimum atomic E-state index is -3.30. The Kier molecular flexibility index (Phi) is 4.29. The fourth-order valence-corrected chi connectivity index (χ4v) is 2.52. The van der Waals surface area contributed by atoms with Crippen molar-refractivity contribution in [3.63, 3.8) is 0 Å². The number of pyridine rings is 1. The van der Waals surface area contributed by atoms with Crippen LogP contribution in [0.2, 0.25) is 0 Å². The monoisotopic (exact) mass is 341 g/mol. The standard InChI is InChI=1S/C13H12FN3O3S2/c1-22(19,20)8-4-2-7(3-5-8)16-12-9(11(15)18)6-10(14)13(21)17-12/h2-6H,1H3,(H2,15,18)(H2,16,17,21). The molecule has 116 valence electrons. The van der Waals surface area contributed by atoms with E-state index in [0.717, 1.165) is 12.3 Å². The molecule has 9 heteroatoms. The Bertz CT molecular complexity index is 890. The molecule has 0 aliphatic rings. The molecule has 2 rings (SSSR count). The summed E-state index contributed by atoms with van der Waals surface area (Å²) in [5.74, 6) is -1.46. The molecule has 1 aromatic heterocycles. The van der Waals surface area contributed by atoms with Crippen molar-refractivity contribution >= 4 is 39.5 Å². The van der Waals surface area contributed by atoms with E-state index in [9.17, 15) is 17.6 Å². The van der Waals surface area contributed by atoms with Crippen LogP contribution in [0.5, 0.6) is 0 Å². The van der Waals surface area contributed by atoms with E-state index in [4.69, 9.17) is 18.0 Å². The van der Waals surface area contributed by atoms with Gasteiger partial charge in [-0.3, -0.25) is 4.79 Å². The number of hydrogen-bond donors (Lipinski definition) is 3. The first-order valence-electron chi connectivity index (χ1n) is 5.98. The Labute approximate surface area is 131 Å². The number of halogens is 1. The number of sulfone groups is 1. The van der Waals surface area contributed by atoms with Gasteiger partial charge in [0.25, 0.3) is 5.91 Å². The molecular formula is C13H12FN3O3S2. The second kappa shape index (κ2) is 5.85. The van der Waals surface area contributed by atoms with Gasteiger partial charge in [-0.05, 0) is 30.3 Å². The molecule has 0 bridgehead atoms. The normalized spacial score (nSPS) is 11.2. The van der Waals surface area contributed by atoms with Crippen LogP contribution in [-0.2, 0) is 9.84 Å². The van der Waals surface area contributed by atoms with Gasteiger partial charge in [0.15, 0.2) is 15.7 Å². The predicted octanol–water partition coefficient (Wildman–Crippen LogP) is 2.13. The molecule has 2 aromatic rings. The van der Waals surface area contributed by atoms with Gasteiger partial charge in [0.1, 0.15) is 10.5 Å². The molecule has 0 saturated heterocycles. The molecular weight excluding hydrogens is 329 g/mol. The Balaban J connectivity index is 2.41. The van der Waals surface area contributed by atoms with Crippen LogP contribution in [0.15, 0.2) is 35.2 Å². The molecule has 22 heavy (non-hydrogen) atoms. The van der Waals surface area contributed by atoms with Gasteiger partial charge in [-0.1, -0.05) is 12.2 Å². The highest BCUT2D eigenvalue weighted by Gasteiger charge is 2.12. The molecule has 0 fully saturated rings. The van der Waals surface area contributed by atoms with Gasteiger partial charge in [0, 0.05) is 11.9 Å². The second-order valence-corrected chi connectivity index (χ2v) is 6.94. The summed E-state index contributed by atoms with van der Waals surface area (Å²) in [5.41, 5.74) is 5.57. The van der Waals surface area contributed by atoms with Crippen molar-refractivity contribution in [2.75, 3.05) is 11.6 Å². The van der Waals surface area contributed by atoms with Gasteiger partial charge in [-0.2, -0.15) is 0 Å². The van der Waals surface area contributed by atoms with Gasteiger partial charge in [0.2, 0.25) is 0 Å². The second-order valence-electron chi connectivity index (χ2n) is 4.52. The largest absolute Gasteiger partial charge is 0.365 e. The number of benzene rings is 1. The Morgan fingerprint density at radius 2 is 1.91 bits per heavy atom. The molecule has 1 heterocycles. The summed E-state index contributed by atoms with van der Waals surface area (Å²) in [6.07, 6.45) is 1.10. The smallest absolute Gasteiger partial charge is 0.252 e. The van der Waals surface area contributed by atoms with E-state index in [2.05, 4.69) is 10.3 Å². The molecule has 0 aliphatic heterocycles. The summed E-state index contributed by atoms with van der Waals surface area (Å²) >= 11 is 4.77. The number of aromatic nitrogens is 1. The summed E-state index contributed by atoms with van der Waals surface area (Å²) in [6.45, 7) is 0. The zero-order chi connectivity index (χ0) is 16.5. The maximum atomic E-state index is 13.4.